The zero-order valence-electron chi connectivity index (χ0n) is 26.4. The Morgan fingerprint density at radius 3 is 2.68 bits per heavy atom. The number of halogens is 1. The highest BCUT2D eigenvalue weighted by Crippen LogP contribution is 2.45. The van der Waals surface area contributed by atoms with E-state index in [1.807, 2.05) is 30.4 Å². The number of aliphatic carboxylic acids is 1. The fourth-order valence-electron chi connectivity index (χ4n) is 7.04. The molecule has 1 aromatic heterocycles. The molecule has 2 aliphatic carbocycles. The van der Waals surface area contributed by atoms with Crippen molar-refractivity contribution in [3.63, 3.8) is 0 Å². The number of alkyl carbamates (subject to hydrolysis) is 1. The zero-order chi connectivity index (χ0) is 33.1. The molecule has 3 amide bonds. The van der Waals surface area contributed by atoms with Gasteiger partial charge >= 0.3 is 12.1 Å². The molecule has 2 saturated carbocycles. The van der Waals surface area contributed by atoms with Gasteiger partial charge in [-0.25, -0.2) is 14.6 Å². The van der Waals surface area contributed by atoms with Gasteiger partial charge in [0.15, 0.2) is 0 Å². The van der Waals surface area contributed by atoms with Crippen LogP contribution in [0.2, 0.25) is 0 Å². The van der Waals surface area contributed by atoms with E-state index in [0.29, 0.717) is 23.6 Å². The van der Waals surface area contributed by atoms with E-state index in [0.717, 1.165) is 54.8 Å². The molecule has 5 atom stereocenters. The van der Waals surface area contributed by atoms with Crippen molar-refractivity contribution in [2.24, 2.45) is 5.92 Å². The van der Waals surface area contributed by atoms with Crippen LogP contribution in [-0.2, 0) is 19.1 Å². The molecule has 0 radical (unpaired) electrons. The number of fused-ring (bicyclic) bond motifs is 3. The zero-order valence-corrected chi connectivity index (χ0v) is 28.0. The van der Waals surface area contributed by atoms with E-state index in [2.05, 4.69) is 31.5 Å². The van der Waals surface area contributed by atoms with E-state index in [1.165, 1.54) is 12.0 Å². The molecule has 3 N–H and O–H groups in total. The smallest absolute Gasteiger partial charge is 0.407 e. The van der Waals surface area contributed by atoms with E-state index in [9.17, 15) is 24.3 Å². The third kappa shape index (κ3) is 7.34. The molecule has 2 aromatic rings. The summed E-state index contributed by atoms with van der Waals surface area (Å²) < 4.78 is 18.3. The number of allylic oxidation sites excluding steroid dienone is 1. The molecule has 12 nitrogen and oxygen atoms in total. The number of carbonyl (C=O) groups is 4. The lowest BCUT2D eigenvalue weighted by Gasteiger charge is -2.27. The lowest BCUT2D eigenvalue weighted by Crippen LogP contribution is -2.53. The first-order valence-corrected chi connectivity index (χ1v) is 17.2. The fraction of sp³-hybridized carbons (Fsp3) is 0.559. The predicted molar refractivity (Wildman–Crippen MR) is 175 cm³/mol. The second-order valence-electron chi connectivity index (χ2n) is 13.0. The molecule has 0 unspecified atom stereocenters. The monoisotopic (exact) mass is 712 g/mol. The Morgan fingerprint density at radius 1 is 1.13 bits per heavy atom. The van der Waals surface area contributed by atoms with Crippen molar-refractivity contribution in [3.05, 3.63) is 40.9 Å². The van der Waals surface area contributed by atoms with Gasteiger partial charge in [-0.15, -0.1) is 0 Å². The van der Waals surface area contributed by atoms with Crippen LogP contribution in [0.4, 0.5) is 4.79 Å². The number of ether oxygens (including phenoxy) is 3. The SMILES string of the molecule is COc1cc(O[C@@H]2C[C@H]3C(=O)N[C@]4(C(=O)O)C[C@@H]4/C=C\CCCC[C@H](NC(=O)OC4CCCC4)CC(=O)N3C2)c2cccc(Br)c2n1. The molecule has 47 heavy (non-hydrogen) atoms. The maximum Gasteiger partial charge on any atom is 0.407 e. The van der Waals surface area contributed by atoms with Crippen LogP contribution < -0.4 is 20.1 Å². The Balaban J connectivity index is 1.26. The van der Waals surface area contributed by atoms with Crippen LogP contribution in [0, 0.1) is 5.92 Å². The minimum absolute atomic E-state index is 0.0300. The number of nitrogens with one attached hydrogen (secondary N) is 2. The third-order valence-corrected chi connectivity index (χ3v) is 10.4. The molecule has 3 heterocycles. The van der Waals surface area contributed by atoms with Crippen molar-refractivity contribution in [1.82, 2.24) is 20.5 Å². The Kier molecular flexibility index (Phi) is 9.90. The van der Waals surface area contributed by atoms with E-state index in [4.69, 9.17) is 14.2 Å². The Labute approximate surface area is 281 Å². The van der Waals surface area contributed by atoms with Crippen molar-refractivity contribution < 1.29 is 38.5 Å². The van der Waals surface area contributed by atoms with Gasteiger partial charge in [0.25, 0.3) is 0 Å². The first kappa shape index (κ1) is 33.0. The number of amides is 3. The number of aromatic nitrogens is 1. The lowest BCUT2D eigenvalue weighted by atomic mass is 10.0. The highest BCUT2D eigenvalue weighted by Gasteiger charge is 2.61. The number of rotatable bonds is 6. The first-order chi connectivity index (χ1) is 22.7. The summed E-state index contributed by atoms with van der Waals surface area (Å²) in [6, 6.07) is 5.81. The van der Waals surface area contributed by atoms with E-state index >= 15 is 0 Å². The number of methoxy groups -OCH3 is 1. The number of pyridine rings is 1. The van der Waals surface area contributed by atoms with Crippen molar-refractivity contribution in [2.45, 2.75) is 100 Å². The predicted octanol–water partition coefficient (Wildman–Crippen LogP) is 4.87. The van der Waals surface area contributed by atoms with Crippen molar-refractivity contribution in [1.29, 1.82) is 0 Å². The molecule has 0 bridgehead atoms. The summed E-state index contributed by atoms with van der Waals surface area (Å²) in [5.41, 5.74) is -0.769. The minimum Gasteiger partial charge on any atom is -0.488 e. The largest absolute Gasteiger partial charge is 0.488 e. The summed E-state index contributed by atoms with van der Waals surface area (Å²) >= 11 is 3.54. The van der Waals surface area contributed by atoms with Gasteiger partial charge < -0.3 is 34.9 Å². The number of carboxylic acids is 1. The molecule has 2 aliphatic heterocycles. The van der Waals surface area contributed by atoms with Crippen LogP contribution in [0.5, 0.6) is 11.6 Å². The lowest BCUT2D eigenvalue weighted by molar-refractivity contribution is -0.145. The van der Waals surface area contributed by atoms with E-state index < -0.39 is 41.7 Å². The van der Waals surface area contributed by atoms with E-state index in [1.54, 1.807) is 6.07 Å². The molecule has 3 fully saturated rings. The van der Waals surface area contributed by atoms with Crippen LogP contribution in [0.1, 0.15) is 70.6 Å². The Morgan fingerprint density at radius 2 is 1.91 bits per heavy atom. The number of benzene rings is 1. The van der Waals surface area contributed by atoms with Gasteiger partial charge in [-0.1, -0.05) is 24.6 Å². The molecule has 4 aliphatic rings. The average molecular weight is 714 g/mol. The fourth-order valence-corrected chi connectivity index (χ4v) is 7.50. The van der Waals surface area contributed by atoms with Gasteiger partial charge in [0.05, 0.1) is 19.2 Å². The summed E-state index contributed by atoms with van der Waals surface area (Å²) in [5.74, 6) is -1.47. The molecular weight excluding hydrogens is 672 g/mol. The van der Waals surface area contributed by atoms with Gasteiger partial charge in [-0.3, -0.25) is 9.59 Å². The number of para-hydroxylation sites is 1. The first-order valence-electron chi connectivity index (χ1n) is 16.5. The summed E-state index contributed by atoms with van der Waals surface area (Å²) in [4.78, 5) is 59.1. The van der Waals surface area contributed by atoms with Crippen LogP contribution in [0.25, 0.3) is 10.9 Å². The minimum atomic E-state index is -1.41. The molecule has 0 spiro atoms. The second-order valence-corrected chi connectivity index (χ2v) is 13.8. The Hall–Kier alpha value is -3.87. The quantitative estimate of drug-likeness (QED) is 0.356. The van der Waals surface area contributed by atoms with Crippen LogP contribution in [0.15, 0.2) is 40.9 Å². The maximum atomic E-state index is 14.0. The second kappa shape index (κ2) is 14.1. The van der Waals surface area contributed by atoms with Gasteiger partial charge in [-0.05, 0) is 79.4 Å². The number of carbonyl (C=O) groups excluding carboxylic acids is 3. The van der Waals surface area contributed by atoms with Crippen molar-refractivity contribution in [3.8, 4) is 11.6 Å². The van der Waals surface area contributed by atoms with Crippen molar-refractivity contribution in [2.75, 3.05) is 13.7 Å². The average Bonchev–Trinajstić information content (AvgIpc) is 3.32. The number of nitrogens with zero attached hydrogens (tertiary/aromatic N) is 2. The number of carboxylic acid groups (broad SMARTS) is 1. The molecule has 13 heteroatoms. The summed E-state index contributed by atoms with van der Waals surface area (Å²) in [7, 11) is 1.51. The number of hydrogen-bond donors (Lipinski definition) is 3. The standard InChI is InChI=1S/C34H41BrN4O8/c1-45-28-17-27(24-13-8-14-25(35)30(24)37-28)46-23-16-26-31(41)38-34(32(42)43)18-20(34)9-4-2-3-5-10-21(15-29(40)39(26)19-23)36-33(44)47-22-11-6-7-12-22/h4,8-9,13-14,17,20-23,26H,2-3,5-7,10-12,15-16,18-19H2,1H3,(H,36,44)(H,38,41)(H,42,43)/b9-4-/t20-,21-,23+,26-,34+/m0/s1. The van der Waals surface area contributed by atoms with Gasteiger partial charge in [0, 0.05) is 40.7 Å². The molecule has 1 saturated heterocycles. The summed E-state index contributed by atoms with van der Waals surface area (Å²) in [6.45, 7) is 0.0969. The third-order valence-electron chi connectivity index (χ3n) is 9.72. The topological polar surface area (TPSA) is 156 Å². The highest BCUT2D eigenvalue weighted by atomic mass is 79.9. The number of hydrogen-bond acceptors (Lipinski definition) is 8. The Bertz CT molecular complexity index is 1560. The van der Waals surface area contributed by atoms with Crippen LogP contribution >= 0.6 is 15.9 Å². The van der Waals surface area contributed by atoms with Crippen molar-refractivity contribution >= 4 is 50.7 Å². The van der Waals surface area contributed by atoms with Crippen LogP contribution in [-0.4, -0.2) is 82.4 Å². The van der Waals surface area contributed by atoms with E-state index in [-0.39, 0.29) is 43.7 Å². The molecule has 1 aromatic carbocycles. The molecule has 252 valence electrons. The normalized spacial score (nSPS) is 29.1. The van der Waals surface area contributed by atoms with Gasteiger partial charge in [0.1, 0.15) is 29.5 Å². The van der Waals surface area contributed by atoms with Crippen LogP contribution in [0.3, 0.4) is 0 Å². The molecule has 6 rings (SSSR count). The summed E-state index contributed by atoms with van der Waals surface area (Å²) in [5, 5.41) is 16.5. The van der Waals surface area contributed by atoms with Gasteiger partial charge in [0.2, 0.25) is 17.7 Å². The molecular formula is C34H41BrN4O8. The highest BCUT2D eigenvalue weighted by molar-refractivity contribution is 9.10. The van der Waals surface area contributed by atoms with Gasteiger partial charge in [-0.2, -0.15) is 0 Å². The summed E-state index contributed by atoms with van der Waals surface area (Å²) in [6.07, 6.45) is 9.58. The maximum absolute atomic E-state index is 14.0.